The molecule has 120 valence electrons. The minimum absolute atomic E-state index is 0.0105. The number of rotatable bonds is 4. The van der Waals surface area contributed by atoms with Gasteiger partial charge in [0.1, 0.15) is 5.69 Å². The van der Waals surface area contributed by atoms with Crippen molar-refractivity contribution in [1.82, 2.24) is 10.3 Å². The average Bonchev–Trinajstić information content (AvgIpc) is 2.58. The van der Waals surface area contributed by atoms with E-state index >= 15 is 0 Å². The van der Waals surface area contributed by atoms with E-state index in [1.54, 1.807) is 19.1 Å². The number of carbonyl (C=O) groups excluding carboxylic acids is 3. The maximum Gasteiger partial charge on any atom is 0.228 e. The molecule has 5 heteroatoms. The summed E-state index contributed by atoms with van der Waals surface area (Å²) in [5, 5.41) is 2.54. The molecule has 0 unspecified atom stereocenters. The predicted octanol–water partition coefficient (Wildman–Crippen LogP) is 2.40. The summed E-state index contributed by atoms with van der Waals surface area (Å²) >= 11 is 0. The van der Waals surface area contributed by atoms with Gasteiger partial charge in [0.05, 0.1) is 11.3 Å². The Labute approximate surface area is 139 Å². The molecule has 1 aliphatic rings. The summed E-state index contributed by atoms with van der Waals surface area (Å²) in [6.45, 7) is 1.74. The molecule has 1 N–H and O–H groups in total. The van der Waals surface area contributed by atoms with E-state index in [-0.39, 0.29) is 35.1 Å². The first-order chi connectivity index (χ1) is 11.5. The largest absolute Gasteiger partial charge is 0.323 e. The van der Waals surface area contributed by atoms with Crippen LogP contribution in [0.15, 0.2) is 54.2 Å². The highest BCUT2D eigenvalue weighted by molar-refractivity contribution is 6.24. The number of hydrogen-bond acceptors (Lipinski definition) is 4. The molecule has 0 aliphatic heterocycles. The fourth-order valence-electron chi connectivity index (χ4n) is 2.54. The van der Waals surface area contributed by atoms with Crippen LogP contribution >= 0.6 is 0 Å². The number of benzene rings is 1. The molecule has 0 atom stereocenters. The molecular weight excluding hydrogens is 304 g/mol. The van der Waals surface area contributed by atoms with E-state index in [2.05, 4.69) is 10.3 Å². The monoisotopic (exact) mass is 320 g/mol. The van der Waals surface area contributed by atoms with Crippen molar-refractivity contribution in [2.45, 2.75) is 19.8 Å². The van der Waals surface area contributed by atoms with Crippen LogP contribution in [0.3, 0.4) is 0 Å². The number of fused-ring (bicyclic) bond motifs is 1. The molecular formula is C19H16N2O3. The second-order valence-corrected chi connectivity index (χ2v) is 5.63. The maximum atomic E-state index is 12.4. The molecule has 1 aliphatic carbocycles. The van der Waals surface area contributed by atoms with Gasteiger partial charge in [0.2, 0.25) is 11.7 Å². The highest BCUT2D eigenvalue weighted by atomic mass is 16.2. The van der Waals surface area contributed by atoms with E-state index in [1.807, 2.05) is 30.3 Å². The summed E-state index contributed by atoms with van der Waals surface area (Å²) in [4.78, 5) is 40.7. The number of nitrogens with zero attached hydrogens (tertiary/aromatic N) is 1. The van der Waals surface area contributed by atoms with Crippen molar-refractivity contribution in [2.24, 2.45) is 0 Å². The number of hydrogen-bond donors (Lipinski definition) is 1. The molecule has 1 aromatic carbocycles. The molecule has 5 nitrogen and oxygen atoms in total. The van der Waals surface area contributed by atoms with Gasteiger partial charge in [-0.1, -0.05) is 30.3 Å². The second-order valence-electron chi connectivity index (χ2n) is 5.63. The summed E-state index contributed by atoms with van der Waals surface area (Å²) < 4.78 is 0. The van der Waals surface area contributed by atoms with Crippen molar-refractivity contribution in [1.29, 1.82) is 0 Å². The van der Waals surface area contributed by atoms with Gasteiger partial charge in [-0.2, -0.15) is 0 Å². The van der Waals surface area contributed by atoms with Crippen molar-refractivity contribution >= 4 is 17.5 Å². The van der Waals surface area contributed by atoms with Crippen LogP contribution in [-0.4, -0.2) is 22.5 Å². The van der Waals surface area contributed by atoms with Crippen molar-refractivity contribution in [2.75, 3.05) is 0 Å². The Morgan fingerprint density at radius 1 is 1.08 bits per heavy atom. The standard InChI is InChI=1S/C19H16N2O3/c1-12-7-9-14-16(22)11-15(19(24)18(14)20-12)21-17(23)10-8-13-5-3-2-4-6-13/h2-7,9,11H,8,10H2,1H3,(H,21,23). The molecule has 0 saturated heterocycles. The number of pyridine rings is 1. The third-order valence-corrected chi connectivity index (χ3v) is 3.79. The Kier molecular flexibility index (Phi) is 4.33. The number of amides is 1. The number of carbonyl (C=O) groups is 3. The zero-order valence-corrected chi connectivity index (χ0v) is 13.2. The first-order valence-corrected chi connectivity index (χ1v) is 7.67. The van der Waals surface area contributed by atoms with Crippen molar-refractivity contribution in [3.63, 3.8) is 0 Å². The van der Waals surface area contributed by atoms with Crippen LogP contribution in [0.5, 0.6) is 0 Å². The summed E-state index contributed by atoms with van der Waals surface area (Å²) in [6, 6.07) is 12.9. The lowest BCUT2D eigenvalue weighted by Crippen LogP contribution is -2.32. The van der Waals surface area contributed by atoms with Gasteiger partial charge in [0, 0.05) is 18.2 Å². The Bertz CT molecular complexity index is 854. The van der Waals surface area contributed by atoms with Gasteiger partial charge in [-0.05, 0) is 31.0 Å². The number of aromatic nitrogens is 1. The molecule has 2 aromatic rings. The minimum atomic E-state index is -0.429. The Morgan fingerprint density at radius 3 is 2.58 bits per heavy atom. The second kappa shape index (κ2) is 6.58. The fourth-order valence-corrected chi connectivity index (χ4v) is 2.54. The fraction of sp³-hybridized carbons (Fsp3) is 0.158. The van der Waals surface area contributed by atoms with Crippen LogP contribution in [0, 0.1) is 6.92 Å². The molecule has 1 heterocycles. The normalized spacial score (nSPS) is 13.3. The van der Waals surface area contributed by atoms with Crippen molar-refractivity contribution in [3.05, 3.63) is 76.8 Å². The van der Waals surface area contributed by atoms with Crippen LogP contribution < -0.4 is 5.32 Å². The molecule has 0 bridgehead atoms. The van der Waals surface area contributed by atoms with Crippen LogP contribution in [0.4, 0.5) is 0 Å². The van der Waals surface area contributed by atoms with Crippen molar-refractivity contribution < 1.29 is 14.4 Å². The molecule has 0 spiro atoms. The number of nitrogens with one attached hydrogen (secondary N) is 1. The first-order valence-electron chi connectivity index (χ1n) is 7.67. The van der Waals surface area contributed by atoms with E-state index in [1.165, 1.54) is 6.08 Å². The summed E-state index contributed by atoms with van der Waals surface area (Å²) in [5.74, 6) is -1.06. The number of aryl methyl sites for hydroxylation is 2. The van der Waals surface area contributed by atoms with Crippen LogP contribution in [0.25, 0.3) is 0 Å². The van der Waals surface area contributed by atoms with Gasteiger partial charge in [-0.3, -0.25) is 14.4 Å². The summed E-state index contributed by atoms with van der Waals surface area (Å²) in [6.07, 6.45) is 1.97. The highest BCUT2D eigenvalue weighted by Gasteiger charge is 2.28. The molecule has 0 fully saturated rings. The SMILES string of the molecule is Cc1ccc2c(n1)C(=O)C(NC(=O)CCc1ccccc1)=CC2=O. The summed E-state index contributed by atoms with van der Waals surface area (Å²) in [5.41, 5.74) is 2.04. The third-order valence-electron chi connectivity index (χ3n) is 3.79. The minimum Gasteiger partial charge on any atom is -0.323 e. The highest BCUT2D eigenvalue weighted by Crippen LogP contribution is 2.19. The third kappa shape index (κ3) is 3.30. The van der Waals surface area contributed by atoms with Crippen LogP contribution in [0.2, 0.25) is 0 Å². The van der Waals surface area contributed by atoms with Gasteiger partial charge in [0.15, 0.2) is 5.78 Å². The summed E-state index contributed by atoms with van der Waals surface area (Å²) in [7, 11) is 0. The smallest absolute Gasteiger partial charge is 0.228 e. The van der Waals surface area contributed by atoms with Gasteiger partial charge >= 0.3 is 0 Å². The number of ketones is 2. The molecule has 24 heavy (non-hydrogen) atoms. The molecule has 3 rings (SSSR count). The lowest BCUT2D eigenvalue weighted by Gasteiger charge is -2.15. The van der Waals surface area contributed by atoms with Gasteiger partial charge in [-0.25, -0.2) is 4.98 Å². The number of allylic oxidation sites excluding steroid dienone is 2. The van der Waals surface area contributed by atoms with Crippen LogP contribution in [-0.2, 0) is 11.2 Å². The van der Waals surface area contributed by atoms with Gasteiger partial charge < -0.3 is 5.32 Å². The molecule has 1 amide bonds. The van der Waals surface area contributed by atoms with E-state index in [4.69, 9.17) is 0 Å². The Hall–Kier alpha value is -3.08. The predicted molar refractivity (Wildman–Crippen MR) is 88.6 cm³/mol. The van der Waals surface area contributed by atoms with E-state index in [0.717, 1.165) is 5.56 Å². The molecule has 1 aromatic heterocycles. The van der Waals surface area contributed by atoms with E-state index < -0.39 is 5.78 Å². The topological polar surface area (TPSA) is 76.1 Å². The molecule has 0 radical (unpaired) electrons. The van der Waals surface area contributed by atoms with E-state index in [9.17, 15) is 14.4 Å². The lowest BCUT2D eigenvalue weighted by atomic mass is 9.97. The quantitative estimate of drug-likeness (QED) is 0.938. The van der Waals surface area contributed by atoms with Gasteiger partial charge in [-0.15, -0.1) is 0 Å². The molecule has 0 saturated carbocycles. The van der Waals surface area contributed by atoms with Crippen LogP contribution in [0.1, 0.15) is 38.5 Å². The Balaban J connectivity index is 1.70. The lowest BCUT2D eigenvalue weighted by molar-refractivity contribution is -0.120. The number of Topliss-reactive ketones (excluding diaryl/α,β-unsaturated/α-hetero) is 1. The zero-order valence-electron chi connectivity index (χ0n) is 13.2. The maximum absolute atomic E-state index is 12.4. The Morgan fingerprint density at radius 2 is 1.83 bits per heavy atom. The average molecular weight is 320 g/mol. The zero-order chi connectivity index (χ0) is 17.1. The van der Waals surface area contributed by atoms with Crippen molar-refractivity contribution in [3.8, 4) is 0 Å². The first kappa shape index (κ1) is 15.8. The van der Waals surface area contributed by atoms with E-state index in [0.29, 0.717) is 12.1 Å². The van der Waals surface area contributed by atoms with Gasteiger partial charge in [0.25, 0.3) is 0 Å².